The van der Waals surface area contributed by atoms with Crippen LogP contribution in [0.3, 0.4) is 0 Å². The summed E-state index contributed by atoms with van der Waals surface area (Å²) < 4.78 is 0.909. The SMILES string of the molecule is CCCCN(C)c1ccc(Br)cc1/C(N)=N/O. The van der Waals surface area contributed by atoms with Crippen molar-refractivity contribution in [1.29, 1.82) is 0 Å². The van der Waals surface area contributed by atoms with E-state index >= 15 is 0 Å². The number of hydrogen-bond donors (Lipinski definition) is 2. The van der Waals surface area contributed by atoms with E-state index in [9.17, 15) is 0 Å². The van der Waals surface area contributed by atoms with Gasteiger partial charge in [0.15, 0.2) is 5.84 Å². The van der Waals surface area contributed by atoms with Crippen molar-refractivity contribution in [3.63, 3.8) is 0 Å². The van der Waals surface area contributed by atoms with E-state index in [0.717, 1.165) is 35.1 Å². The van der Waals surface area contributed by atoms with Gasteiger partial charge in [-0.15, -0.1) is 0 Å². The number of hydrogen-bond acceptors (Lipinski definition) is 3. The largest absolute Gasteiger partial charge is 0.409 e. The summed E-state index contributed by atoms with van der Waals surface area (Å²) in [5.41, 5.74) is 7.39. The van der Waals surface area contributed by atoms with Crippen molar-refractivity contribution >= 4 is 27.5 Å². The highest BCUT2D eigenvalue weighted by Crippen LogP contribution is 2.24. The molecular weight excluding hydrogens is 282 g/mol. The first-order valence-corrected chi connectivity index (χ1v) is 6.38. The molecule has 1 rings (SSSR count). The van der Waals surface area contributed by atoms with Crippen molar-refractivity contribution < 1.29 is 5.21 Å². The van der Waals surface area contributed by atoms with Crippen molar-refractivity contribution in [2.45, 2.75) is 19.8 Å². The van der Waals surface area contributed by atoms with Crippen LogP contribution in [0.5, 0.6) is 0 Å². The minimum absolute atomic E-state index is 0.129. The molecule has 0 spiro atoms. The third kappa shape index (κ3) is 3.63. The number of nitrogens with zero attached hydrogens (tertiary/aromatic N) is 2. The fourth-order valence-electron chi connectivity index (χ4n) is 1.62. The van der Waals surface area contributed by atoms with Crippen LogP contribution >= 0.6 is 15.9 Å². The number of nitrogens with two attached hydrogens (primary N) is 1. The van der Waals surface area contributed by atoms with Gasteiger partial charge < -0.3 is 15.8 Å². The van der Waals surface area contributed by atoms with Gasteiger partial charge in [-0.05, 0) is 24.6 Å². The maximum Gasteiger partial charge on any atom is 0.172 e. The number of amidine groups is 1. The van der Waals surface area contributed by atoms with E-state index in [1.165, 1.54) is 0 Å². The molecule has 0 saturated carbocycles. The van der Waals surface area contributed by atoms with Crippen LogP contribution < -0.4 is 10.6 Å². The van der Waals surface area contributed by atoms with E-state index in [-0.39, 0.29) is 5.84 Å². The zero-order valence-electron chi connectivity index (χ0n) is 10.2. The molecule has 3 N–H and O–H groups in total. The third-order valence-corrected chi connectivity index (χ3v) is 3.09. The van der Waals surface area contributed by atoms with Crippen LogP contribution in [0.4, 0.5) is 5.69 Å². The molecule has 0 atom stereocenters. The van der Waals surface area contributed by atoms with Gasteiger partial charge in [0, 0.05) is 29.3 Å². The Hall–Kier alpha value is -1.23. The molecule has 0 heterocycles. The third-order valence-electron chi connectivity index (χ3n) is 2.60. The molecule has 1 aromatic rings. The van der Waals surface area contributed by atoms with Crippen LogP contribution in [-0.4, -0.2) is 24.6 Å². The van der Waals surface area contributed by atoms with Gasteiger partial charge in [-0.1, -0.05) is 34.4 Å². The van der Waals surface area contributed by atoms with Gasteiger partial charge in [0.1, 0.15) is 0 Å². The Kier molecular flexibility index (Phi) is 5.28. The summed E-state index contributed by atoms with van der Waals surface area (Å²) in [6.07, 6.45) is 2.25. The van der Waals surface area contributed by atoms with Gasteiger partial charge in [-0.3, -0.25) is 0 Å². The van der Waals surface area contributed by atoms with Crippen LogP contribution in [0.1, 0.15) is 25.3 Å². The summed E-state index contributed by atoms with van der Waals surface area (Å²) in [6, 6.07) is 5.77. The predicted octanol–water partition coefficient (Wildman–Crippen LogP) is 2.78. The first-order chi connectivity index (χ1) is 8.10. The molecule has 0 unspecified atom stereocenters. The minimum Gasteiger partial charge on any atom is -0.409 e. The Labute approximate surface area is 110 Å². The molecule has 0 aliphatic heterocycles. The maximum atomic E-state index is 8.79. The van der Waals surface area contributed by atoms with Gasteiger partial charge in [0.2, 0.25) is 0 Å². The summed E-state index contributed by atoms with van der Waals surface area (Å²) in [4.78, 5) is 2.11. The Morgan fingerprint density at radius 1 is 1.53 bits per heavy atom. The molecule has 0 saturated heterocycles. The van der Waals surface area contributed by atoms with E-state index in [0.29, 0.717) is 0 Å². The monoisotopic (exact) mass is 299 g/mol. The first-order valence-electron chi connectivity index (χ1n) is 5.58. The standard InChI is InChI=1S/C12H18BrN3O/c1-3-4-7-16(2)11-6-5-9(13)8-10(11)12(14)15-17/h5-6,8,17H,3-4,7H2,1-2H3,(H2,14,15). The molecular formula is C12H18BrN3O. The Morgan fingerprint density at radius 2 is 2.24 bits per heavy atom. The van der Waals surface area contributed by atoms with Gasteiger partial charge in [-0.2, -0.15) is 0 Å². The first kappa shape index (κ1) is 13.8. The van der Waals surface area contributed by atoms with Crippen molar-refractivity contribution in [3.8, 4) is 0 Å². The molecule has 0 aliphatic rings. The molecule has 1 aromatic carbocycles. The number of anilines is 1. The topological polar surface area (TPSA) is 61.8 Å². The van der Waals surface area contributed by atoms with Crippen molar-refractivity contribution in [3.05, 3.63) is 28.2 Å². The summed E-state index contributed by atoms with van der Waals surface area (Å²) in [6.45, 7) is 3.10. The maximum absolute atomic E-state index is 8.79. The molecule has 0 fully saturated rings. The van der Waals surface area contributed by atoms with E-state index in [1.807, 2.05) is 25.2 Å². The van der Waals surface area contributed by atoms with Crippen LogP contribution in [0.15, 0.2) is 27.8 Å². The molecule has 17 heavy (non-hydrogen) atoms. The van der Waals surface area contributed by atoms with Gasteiger partial charge >= 0.3 is 0 Å². The molecule has 4 nitrogen and oxygen atoms in total. The summed E-state index contributed by atoms with van der Waals surface area (Å²) in [7, 11) is 2.01. The summed E-state index contributed by atoms with van der Waals surface area (Å²) >= 11 is 3.38. The molecule has 0 aliphatic carbocycles. The van der Waals surface area contributed by atoms with E-state index < -0.39 is 0 Å². The quantitative estimate of drug-likeness (QED) is 0.380. The van der Waals surface area contributed by atoms with Gasteiger partial charge in [0.05, 0.1) is 0 Å². The zero-order chi connectivity index (χ0) is 12.8. The molecule has 0 bridgehead atoms. The molecule has 94 valence electrons. The zero-order valence-corrected chi connectivity index (χ0v) is 11.7. The average molecular weight is 300 g/mol. The second-order valence-electron chi connectivity index (χ2n) is 3.92. The highest BCUT2D eigenvalue weighted by Gasteiger charge is 2.11. The number of rotatable bonds is 5. The lowest BCUT2D eigenvalue weighted by atomic mass is 10.1. The number of unbranched alkanes of at least 4 members (excludes halogenated alkanes) is 1. The van der Waals surface area contributed by atoms with Gasteiger partial charge in [-0.25, -0.2) is 0 Å². The van der Waals surface area contributed by atoms with Crippen molar-refractivity contribution in [2.24, 2.45) is 10.9 Å². The fraction of sp³-hybridized carbons (Fsp3) is 0.417. The van der Waals surface area contributed by atoms with E-state index in [4.69, 9.17) is 10.9 Å². The highest BCUT2D eigenvalue weighted by molar-refractivity contribution is 9.10. The summed E-state index contributed by atoms with van der Waals surface area (Å²) in [5.74, 6) is 0.129. The lowest BCUT2D eigenvalue weighted by Crippen LogP contribution is -2.23. The predicted molar refractivity (Wildman–Crippen MR) is 74.8 cm³/mol. The molecule has 0 aromatic heterocycles. The smallest absolute Gasteiger partial charge is 0.172 e. The number of halogens is 1. The van der Waals surface area contributed by atoms with E-state index in [1.54, 1.807) is 0 Å². The lowest BCUT2D eigenvalue weighted by Gasteiger charge is -2.22. The number of oxime groups is 1. The molecule has 0 radical (unpaired) electrons. The van der Waals surface area contributed by atoms with E-state index in [2.05, 4.69) is 32.9 Å². The fourth-order valence-corrected chi connectivity index (χ4v) is 1.98. The van der Waals surface area contributed by atoms with Crippen LogP contribution in [0, 0.1) is 0 Å². The van der Waals surface area contributed by atoms with Crippen molar-refractivity contribution in [1.82, 2.24) is 0 Å². The Morgan fingerprint density at radius 3 is 2.82 bits per heavy atom. The van der Waals surface area contributed by atoms with Crippen LogP contribution in [-0.2, 0) is 0 Å². The second kappa shape index (κ2) is 6.49. The van der Waals surface area contributed by atoms with Crippen LogP contribution in [0.2, 0.25) is 0 Å². The molecule has 5 heteroatoms. The second-order valence-corrected chi connectivity index (χ2v) is 4.84. The lowest BCUT2D eigenvalue weighted by molar-refractivity contribution is 0.318. The average Bonchev–Trinajstić information content (AvgIpc) is 2.34. The Bertz CT molecular complexity index is 407. The van der Waals surface area contributed by atoms with Crippen LogP contribution in [0.25, 0.3) is 0 Å². The van der Waals surface area contributed by atoms with Crippen molar-refractivity contribution in [2.75, 3.05) is 18.5 Å². The summed E-state index contributed by atoms with van der Waals surface area (Å²) in [5, 5.41) is 11.9. The Balaban J connectivity index is 3.05. The minimum atomic E-state index is 0.129. The number of benzene rings is 1. The normalized spacial score (nSPS) is 11.6. The van der Waals surface area contributed by atoms with Gasteiger partial charge in [0.25, 0.3) is 0 Å². The molecule has 0 amide bonds. The highest BCUT2D eigenvalue weighted by atomic mass is 79.9.